The molecular weight excluding hydrogens is 472 g/mol. The fraction of sp³-hybridized carbons (Fsp3) is 0.211. The Kier molecular flexibility index (Phi) is 7.02. The number of pyridine rings is 1. The summed E-state index contributed by atoms with van der Waals surface area (Å²) in [6, 6.07) is 7.16. The van der Waals surface area contributed by atoms with Gasteiger partial charge in [0, 0.05) is 49.8 Å². The Morgan fingerprint density at radius 3 is 2.72 bits per heavy atom. The van der Waals surface area contributed by atoms with Gasteiger partial charge in [0.05, 0.1) is 16.4 Å². The van der Waals surface area contributed by atoms with Crippen LogP contribution in [0.5, 0.6) is 0 Å². The Balaban J connectivity index is 1.38. The molecule has 4 aromatic heterocycles. The minimum atomic E-state index is -0.500. The summed E-state index contributed by atoms with van der Waals surface area (Å²) in [6.07, 6.45) is 6.34. The van der Waals surface area contributed by atoms with E-state index < -0.39 is 4.92 Å². The molecule has 0 aliphatic heterocycles. The molecule has 4 heterocycles. The normalized spacial score (nSPS) is 11.1. The van der Waals surface area contributed by atoms with Gasteiger partial charge >= 0.3 is 5.82 Å². The highest BCUT2D eigenvalue weighted by molar-refractivity contribution is 7.99. The average molecular weight is 489 g/mol. The Morgan fingerprint density at radius 1 is 1.12 bits per heavy atom. The van der Waals surface area contributed by atoms with Crippen molar-refractivity contribution in [2.24, 2.45) is 0 Å². The standard InChI is InChI=1S/C19H17ClN8O2S2/c1-26(9-10-31-16-4-3-15-24-11-17(28(29)30)27(15)25-16)14-5-8-21-13(18(14)20)12-32-19-22-6-2-7-23-19/h2-8,11H,9-10,12H2,1H3. The van der Waals surface area contributed by atoms with Gasteiger partial charge in [0.25, 0.3) is 0 Å². The summed E-state index contributed by atoms with van der Waals surface area (Å²) in [5.74, 6) is 1.11. The summed E-state index contributed by atoms with van der Waals surface area (Å²) in [7, 11) is 1.95. The average Bonchev–Trinajstić information content (AvgIpc) is 3.22. The predicted molar refractivity (Wildman–Crippen MR) is 124 cm³/mol. The highest BCUT2D eigenvalue weighted by Gasteiger charge is 2.17. The third-order valence-electron chi connectivity index (χ3n) is 4.42. The van der Waals surface area contributed by atoms with Gasteiger partial charge in [-0.25, -0.2) is 15.0 Å². The van der Waals surface area contributed by atoms with Gasteiger partial charge in [-0.3, -0.25) is 4.98 Å². The van der Waals surface area contributed by atoms with E-state index in [1.54, 1.807) is 36.8 Å². The molecule has 0 bridgehead atoms. The summed E-state index contributed by atoms with van der Waals surface area (Å²) in [5.41, 5.74) is 2.08. The molecule has 0 N–H and O–H groups in total. The topological polar surface area (TPSA) is 115 Å². The van der Waals surface area contributed by atoms with E-state index in [1.807, 2.05) is 18.0 Å². The number of imidazole rings is 1. The highest BCUT2D eigenvalue weighted by atomic mass is 35.5. The van der Waals surface area contributed by atoms with Crippen molar-refractivity contribution in [1.29, 1.82) is 0 Å². The van der Waals surface area contributed by atoms with Crippen molar-refractivity contribution in [2.75, 3.05) is 24.2 Å². The molecule has 13 heteroatoms. The number of thioether (sulfide) groups is 2. The van der Waals surface area contributed by atoms with Crippen LogP contribution in [-0.2, 0) is 5.75 Å². The lowest BCUT2D eigenvalue weighted by Gasteiger charge is -2.21. The van der Waals surface area contributed by atoms with Crippen LogP contribution < -0.4 is 4.90 Å². The monoisotopic (exact) mass is 488 g/mol. The minimum Gasteiger partial charge on any atom is -0.372 e. The van der Waals surface area contributed by atoms with Crippen molar-refractivity contribution >= 4 is 52.3 Å². The summed E-state index contributed by atoms with van der Waals surface area (Å²) >= 11 is 9.58. The largest absolute Gasteiger partial charge is 0.372 e. The van der Waals surface area contributed by atoms with E-state index in [0.29, 0.717) is 38.9 Å². The Labute approximate surface area is 196 Å². The van der Waals surface area contributed by atoms with Crippen LogP contribution in [0, 0.1) is 10.1 Å². The van der Waals surface area contributed by atoms with E-state index in [-0.39, 0.29) is 5.82 Å². The van der Waals surface area contributed by atoms with Gasteiger partial charge in [0.15, 0.2) is 5.16 Å². The Bertz CT molecular complexity index is 1240. The number of aromatic nitrogens is 6. The zero-order valence-corrected chi connectivity index (χ0v) is 19.2. The maximum absolute atomic E-state index is 11.1. The Morgan fingerprint density at radius 2 is 1.94 bits per heavy atom. The molecule has 10 nitrogen and oxygen atoms in total. The number of anilines is 1. The first kappa shape index (κ1) is 22.2. The fourth-order valence-corrected chi connectivity index (χ4v) is 4.85. The molecule has 0 amide bonds. The molecule has 0 aliphatic carbocycles. The third kappa shape index (κ3) is 5.09. The lowest BCUT2D eigenvalue weighted by atomic mass is 10.3. The first-order valence-electron chi connectivity index (χ1n) is 9.39. The number of halogens is 1. The first-order chi connectivity index (χ1) is 15.5. The van der Waals surface area contributed by atoms with Gasteiger partial charge in [-0.1, -0.05) is 33.0 Å². The summed E-state index contributed by atoms with van der Waals surface area (Å²) < 4.78 is 1.24. The van der Waals surface area contributed by atoms with Crippen LogP contribution in [0.2, 0.25) is 5.02 Å². The molecule has 0 aromatic carbocycles. The van der Waals surface area contributed by atoms with E-state index in [0.717, 1.165) is 11.4 Å². The van der Waals surface area contributed by atoms with Crippen LogP contribution in [0.1, 0.15) is 5.69 Å². The van der Waals surface area contributed by atoms with Crippen LogP contribution in [0.3, 0.4) is 0 Å². The van der Waals surface area contributed by atoms with Crippen LogP contribution >= 0.6 is 35.1 Å². The molecule has 0 atom stereocenters. The summed E-state index contributed by atoms with van der Waals surface area (Å²) in [5, 5.41) is 17.4. The predicted octanol–water partition coefficient (Wildman–Crippen LogP) is 4.00. The zero-order valence-electron chi connectivity index (χ0n) is 16.8. The molecule has 0 radical (unpaired) electrons. The van der Waals surface area contributed by atoms with E-state index in [1.165, 1.54) is 34.2 Å². The molecule has 0 aliphatic rings. The van der Waals surface area contributed by atoms with Crippen LogP contribution in [0.15, 0.2) is 59.2 Å². The molecule has 4 rings (SSSR count). The zero-order chi connectivity index (χ0) is 22.5. The van der Waals surface area contributed by atoms with Gasteiger partial charge < -0.3 is 15.0 Å². The molecule has 4 aromatic rings. The molecule has 0 fully saturated rings. The lowest BCUT2D eigenvalue weighted by molar-refractivity contribution is -0.391. The van der Waals surface area contributed by atoms with Crippen molar-refractivity contribution in [3.63, 3.8) is 0 Å². The summed E-state index contributed by atoms with van der Waals surface area (Å²) in [4.78, 5) is 29.4. The molecule has 0 unspecified atom stereocenters. The molecule has 0 spiro atoms. The fourth-order valence-electron chi connectivity index (χ4n) is 2.82. The smallest absolute Gasteiger partial charge is 0.368 e. The van der Waals surface area contributed by atoms with Crippen LogP contribution in [-0.4, -0.2) is 53.8 Å². The number of rotatable bonds is 9. The molecule has 164 valence electrons. The number of nitrogens with zero attached hydrogens (tertiary/aromatic N) is 8. The van der Waals surface area contributed by atoms with Crippen LogP contribution in [0.4, 0.5) is 11.5 Å². The molecular formula is C19H17ClN8O2S2. The summed E-state index contributed by atoms with van der Waals surface area (Å²) in [6.45, 7) is 0.689. The van der Waals surface area contributed by atoms with Crippen molar-refractivity contribution < 1.29 is 4.92 Å². The Hall–Kier alpha value is -2.96. The molecule has 0 saturated carbocycles. The van der Waals surface area contributed by atoms with Gasteiger partial charge in [0.2, 0.25) is 5.65 Å². The van der Waals surface area contributed by atoms with Gasteiger partial charge in [-0.05, 0) is 23.1 Å². The molecule has 32 heavy (non-hydrogen) atoms. The third-order valence-corrected chi connectivity index (χ3v) is 6.61. The second-order valence-electron chi connectivity index (χ2n) is 6.50. The minimum absolute atomic E-state index is 0.158. The highest BCUT2D eigenvalue weighted by Crippen LogP contribution is 2.31. The van der Waals surface area contributed by atoms with Crippen molar-refractivity contribution in [3.8, 4) is 0 Å². The second-order valence-corrected chi connectivity index (χ2v) is 8.93. The van der Waals surface area contributed by atoms with E-state index in [2.05, 4.69) is 25.0 Å². The quantitative estimate of drug-likeness (QED) is 0.148. The first-order valence-corrected chi connectivity index (χ1v) is 11.7. The van der Waals surface area contributed by atoms with Gasteiger partial charge in [-0.15, -0.1) is 11.8 Å². The number of nitro groups is 1. The van der Waals surface area contributed by atoms with Crippen molar-refractivity contribution in [2.45, 2.75) is 15.9 Å². The number of hydrogen-bond donors (Lipinski definition) is 0. The van der Waals surface area contributed by atoms with Gasteiger partial charge in [-0.2, -0.15) is 0 Å². The molecule has 0 saturated heterocycles. The maximum Gasteiger partial charge on any atom is 0.368 e. The number of fused-ring (bicyclic) bond motifs is 1. The lowest BCUT2D eigenvalue weighted by Crippen LogP contribution is -2.21. The second kappa shape index (κ2) is 10.1. The van der Waals surface area contributed by atoms with E-state index in [4.69, 9.17) is 11.6 Å². The van der Waals surface area contributed by atoms with Crippen molar-refractivity contribution in [1.82, 2.24) is 29.5 Å². The van der Waals surface area contributed by atoms with Crippen LogP contribution in [0.25, 0.3) is 5.65 Å². The maximum atomic E-state index is 11.1. The van der Waals surface area contributed by atoms with E-state index in [9.17, 15) is 10.1 Å². The van der Waals surface area contributed by atoms with E-state index >= 15 is 0 Å². The number of hydrogen-bond acceptors (Lipinski definition) is 10. The SMILES string of the molecule is CN(CCSc1ccc2ncc([N+](=O)[O-])n2n1)c1ccnc(CSc2ncccn2)c1Cl. The van der Waals surface area contributed by atoms with Gasteiger partial charge in [0.1, 0.15) is 11.2 Å². The van der Waals surface area contributed by atoms with Crippen molar-refractivity contribution in [3.05, 3.63) is 69.9 Å².